The fraction of sp³-hybridized carbons (Fsp3) is 0.483. The molecule has 6 nitrogen and oxygen atoms in total. The molecule has 0 fully saturated rings. The van der Waals surface area contributed by atoms with Crippen LogP contribution in [0, 0.1) is 0 Å². The number of unbranched alkanes of at least 4 members (excludes halogenated alkanes) is 2. The van der Waals surface area contributed by atoms with Gasteiger partial charge in [0.1, 0.15) is 5.82 Å². The molecule has 1 unspecified atom stereocenters. The van der Waals surface area contributed by atoms with Crippen LogP contribution < -0.4 is 10.9 Å². The molecule has 0 bridgehead atoms. The number of hydrogen-bond acceptors (Lipinski definition) is 3. The second-order valence-corrected chi connectivity index (χ2v) is 10.2. The minimum Gasteiger partial charge on any atom is -0.333 e. The SMILES string of the molecule is CCCCCN(C(=O)NC(C)(C)C)C(CC)c1nc2ccccc2c(=O)n1-c1ccc(CC)cc1. The Hall–Kier alpha value is -3.15. The highest BCUT2D eigenvalue weighted by atomic mass is 16.2. The van der Waals surface area contributed by atoms with E-state index in [4.69, 9.17) is 4.98 Å². The maximum Gasteiger partial charge on any atom is 0.318 e. The van der Waals surface area contributed by atoms with Gasteiger partial charge in [0.25, 0.3) is 5.56 Å². The van der Waals surface area contributed by atoms with Crippen LogP contribution in [0.5, 0.6) is 0 Å². The molecule has 0 saturated carbocycles. The highest BCUT2D eigenvalue weighted by molar-refractivity contribution is 5.78. The number of hydrogen-bond donors (Lipinski definition) is 1. The van der Waals surface area contributed by atoms with Gasteiger partial charge in [0, 0.05) is 12.1 Å². The van der Waals surface area contributed by atoms with Gasteiger partial charge in [-0.3, -0.25) is 9.36 Å². The number of nitrogens with one attached hydrogen (secondary N) is 1. The highest BCUT2D eigenvalue weighted by Gasteiger charge is 2.30. The predicted molar refractivity (Wildman–Crippen MR) is 144 cm³/mol. The zero-order valence-electron chi connectivity index (χ0n) is 22.1. The molecule has 188 valence electrons. The van der Waals surface area contributed by atoms with Crippen molar-refractivity contribution in [3.63, 3.8) is 0 Å². The van der Waals surface area contributed by atoms with Crippen LogP contribution in [-0.4, -0.2) is 32.6 Å². The van der Waals surface area contributed by atoms with Crippen molar-refractivity contribution in [1.29, 1.82) is 0 Å². The summed E-state index contributed by atoms with van der Waals surface area (Å²) in [5, 5.41) is 3.70. The molecule has 3 aromatic rings. The van der Waals surface area contributed by atoms with Gasteiger partial charge in [-0.1, -0.05) is 57.9 Å². The van der Waals surface area contributed by atoms with Gasteiger partial charge in [-0.25, -0.2) is 9.78 Å². The smallest absolute Gasteiger partial charge is 0.318 e. The molecule has 2 amide bonds. The van der Waals surface area contributed by atoms with Crippen LogP contribution in [0.25, 0.3) is 16.6 Å². The van der Waals surface area contributed by atoms with E-state index in [-0.39, 0.29) is 23.2 Å². The van der Waals surface area contributed by atoms with Crippen molar-refractivity contribution in [1.82, 2.24) is 19.8 Å². The normalized spacial score (nSPS) is 12.5. The third-order valence-electron chi connectivity index (χ3n) is 6.21. The highest BCUT2D eigenvalue weighted by Crippen LogP contribution is 2.27. The number of fused-ring (bicyclic) bond motifs is 1. The van der Waals surface area contributed by atoms with Gasteiger partial charge >= 0.3 is 6.03 Å². The van der Waals surface area contributed by atoms with Crippen molar-refractivity contribution in [3.8, 4) is 5.69 Å². The quantitative estimate of drug-likeness (QED) is 0.363. The van der Waals surface area contributed by atoms with E-state index in [1.54, 1.807) is 4.57 Å². The van der Waals surface area contributed by atoms with Crippen molar-refractivity contribution >= 4 is 16.9 Å². The molecule has 0 aliphatic rings. The number of rotatable bonds is 9. The minimum absolute atomic E-state index is 0.113. The van der Waals surface area contributed by atoms with Crippen molar-refractivity contribution in [2.75, 3.05) is 6.54 Å². The first-order valence-corrected chi connectivity index (χ1v) is 12.9. The Bertz CT molecular complexity index is 1190. The first kappa shape index (κ1) is 26.5. The summed E-state index contributed by atoms with van der Waals surface area (Å²) in [6.07, 6.45) is 4.56. The van der Waals surface area contributed by atoms with Crippen molar-refractivity contribution < 1.29 is 4.79 Å². The summed E-state index contributed by atoms with van der Waals surface area (Å²) >= 11 is 0. The molecule has 1 atom stereocenters. The van der Waals surface area contributed by atoms with Crippen LogP contribution in [0.15, 0.2) is 53.3 Å². The maximum absolute atomic E-state index is 13.8. The summed E-state index contributed by atoms with van der Waals surface area (Å²) in [5.41, 5.74) is 2.14. The second-order valence-electron chi connectivity index (χ2n) is 10.2. The van der Waals surface area contributed by atoms with Gasteiger partial charge in [-0.15, -0.1) is 0 Å². The third kappa shape index (κ3) is 6.30. The Labute approximate surface area is 209 Å². The third-order valence-corrected chi connectivity index (χ3v) is 6.21. The van der Waals surface area contributed by atoms with Crippen LogP contribution in [-0.2, 0) is 6.42 Å². The summed E-state index contributed by atoms with van der Waals surface area (Å²) in [4.78, 5) is 34.2. The molecule has 0 spiro atoms. The Balaban J connectivity index is 2.22. The summed E-state index contributed by atoms with van der Waals surface area (Å²) in [6.45, 7) is 12.9. The standard InChI is InChI=1S/C29H40N4O2/c1-7-10-13-20-32(28(35)31-29(4,5)6)25(9-3)26-30-24-15-12-11-14-23(24)27(34)33(26)22-18-16-21(8-2)17-19-22/h11-12,14-19,25H,7-10,13,20H2,1-6H3,(H,31,35). The number of aryl methyl sites for hydroxylation is 1. The monoisotopic (exact) mass is 476 g/mol. The van der Waals surface area contributed by atoms with Gasteiger partial charge in [0.2, 0.25) is 0 Å². The number of carbonyl (C=O) groups excluding carboxylic acids is 1. The molecule has 0 saturated heterocycles. The molecule has 1 aromatic heterocycles. The number of carbonyl (C=O) groups is 1. The lowest BCUT2D eigenvalue weighted by atomic mass is 10.1. The predicted octanol–water partition coefficient (Wildman–Crippen LogP) is 6.40. The number of aromatic nitrogens is 2. The molecule has 2 aromatic carbocycles. The van der Waals surface area contributed by atoms with Gasteiger partial charge in [-0.05, 0) is 69.9 Å². The fourth-order valence-corrected chi connectivity index (χ4v) is 4.37. The van der Waals surface area contributed by atoms with Crippen LogP contribution >= 0.6 is 0 Å². The summed E-state index contributed by atoms with van der Waals surface area (Å²) < 4.78 is 1.70. The molecule has 0 aliphatic carbocycles. The Kier molecular flexibility index (Phi) is 8.71. The lowest BCUT2D eigenvalue weighted by Crippen LogP contribution is -2.50. The van der Waals surface area contributed by atoms with Crippen molar-refractivity contribution in [2.24, 2.45) is 0 Å². The molecule has 6 heteroatoms. The molecular weight excluding hydrogens is 436 g/mol. The van der Waals surface area contributed by atoms with Crippen LogP contribution in [0.3, 0.4) is 0 Å². The topological polar surface area (TPSA) is 67.2 Å². The lowest BCUT2D eigenvalue weighted by molar-refractivity contribution is 0.158. The molecular formula is C29H40N4O2. The van der Waals surface area contributed by atoms with E-state index in [9.17, 15) is 9.59 Å². The number of amides is 2. The maximum atomic E-state index is 13.8. The van der Waals surface area contributed by atoms with Gasteiger partial charge < -0.3 is 10.2 Å². The molecule has 35 heavy (non-hydrogen) atoms. The zero-order valence-corrected chi connectivity index (χ0v) is 22.1. The number of urea groups is 1. The fourth-order valence-electron chi connectivity index (χ4n) is 4.37. The van der Waals surface area contributed by atoms with E-state index in [0.29, 0.717) is 29.7 Å². The summed E-state index contributed by atoms with van der Waals surface area (Å²) in [5.74, 6) is 0.598. The first-order valence-electron chi connectivity index (χ1n) is 12.9. The number of benzene rings is 2. The molecule has 0 radical (unpaired) electrons. The largest absolute Gasteiger partial charge is 0.333 e. The minimum atomic E-state index is -0.370. The Morgan fingerprint density at radius 3 is 2.31 bits per heavy atom. The van der Waals surface area contributed by atoms with Gasteiger partial charge in [-0.2, -0.15) is 0 Å². The lowest BCUT2D eigenvalue weighted by Gasteiger charge is -2.35. The van der Waals surface area contributed by atoms with E-state index in [1.807, 2.05) is 81.1 Å². The number of nitrogens with zero attached hydrogens (tertiary/aromatic N) is 3. The molecule has 1 heterocycles. The first-order chi connectivity index (χ1) is 16.7. The van der Waals surface area contributed by atoms with E-state index < -0.39 is 0 Å². The van der Waals surface area contributed by atoms with E-state index in [2.05, 4.69) is 19.2 Å². The summed E-state index contributed by atoms with van der Waals surface area (Å²) in [7, 11) is 0. The van der Waals surface area contributed by atoms with Gasteiger partial charge in [0.15, 0.2) is 0 Å². The summed E-state index contributed by atoms with van der Waals surface area (Å²) in [6, 6.07) is 15.0. The second kappa shape index (κ2) is 11.5. The van der Waals surface area contributed by atoms with Crippen LogP contribution in [0.2, 0.25) is 0 Å². The van der Waals surface area contributed by atoms with E-state index >= 15 is 0 Å². The Morgan fingerprint density at radius 1 is 1.03 bits per heavy atom. The Morgan fingerprint density at radius 2 is 1.71 bits per heavy atom. The van der Waals surface area contributed by atoms with E-state index in [1.165, 1.54) is 5.56 Å². The molecule has 3 rings (SSSR count). The number of para-hydroxylation sites is 1. The molecule has 0 aliphatic heterocycles. The van der Waals surface area contributed by atoms with Crippen molar-refractivity contribution in [3.05, 3.63) is 70.3 Å². The van der Waals surface area contributed by atoms with Crippen LogP contribution in [0.4, 0.5) is 4.79 Å². The molecule has 1 N–H and O–H groups in total. The average Bonchev–Trinajstić information content (AvgIpc) is 2.83. The zero-order chi connectivity index (χ0) is 25.6. The van der Waals surface area contributed by atoms with Gasteiger partial charge in [0.05, 0.1) is 22.6 Å². The average molecular weight is 477 g/mol. The van der Waals surface area contributed by atoms with Crippen LogP contribution in [0.1, 0.15) is 84.7 Å². The van der Waals surface area contributed by atoms with Crippen molar-refractivity contribution in [2.45, 2.75) is 85.2 Å². The van der Waals surface area contributed by atoms with E-state index in [0.717, 1.165) is 31.4 Å².